The Hall–Kier alpha value is -3.47. The zero-order chi connectivity index (χ0) is 21.5. The van der Waals surface area contributed by atoms with Gasteiger partial charge in [0.2, 0.25) is 5.91 Å². The number of halogens is 1. The Morgan fingerprint density at radius 1 is 1.06 bits per heavy atom. The van der Waals surface area contributed by atoms with E-state index in [0.717, 1.165) is 9.37 Å². The second-order valence-electron chi connectivity index (χ2n) is 7.09. The highest BCUT2D eigenvalue weighted by atomic mass is 79.9. The van der Waals surface area contributed by atoms with Crippen LogP contribution in [-0.2, 0) is 14.4 Å². The summed E-state index contributed by atoms with van der Waals surface area (Å²) in [6.45, 7) is 0.685. The zero-order valence-corrected chi connectivity index (χ0v) is 17.6. The fourth-order valence-corrected chi connectivity index (χ4v) is 3.93. The van der Waals surface area contributed by atoms with Crippen LogP contribution in [0.25, 0.3) is 0 Å². The number of carbonyl (C=O) groups is 3. The number of fused-ring (bicyclic) bond motifs is 2. The van der Waals surface area contributed by atoms with Crippen molar-refractivity contribution in [1.29, 1.82) is 0 Å². The zero-order valence-electron chi connectivity index (χ0n) is 16.0. The normalized spacial score (nSPS) is 21.5. The molecular weight excluding hydrogens is 470 g/mol. The summed E-state index contributed by atoms with van der Waals surface area (Å²) in [5.74, 6) is -0.168. The van der Waals surface area contributed by atoms with E-state index in [1.165, 1.54) is 5.01 Å². The van der Waals surface area contributed by atoms with Crippen LogP contribution in [0.3, 0.4) is 0 Å². The predicted molar refractivity (Wildman–Crippen MR) is 112 cm³/mol. The minimum Gasteiger partial charge on any atom is -0.486 e. The largest absolute Gasteiger partial charge is 0.486 e. The molecule has 3 aliphatic rings. The van der Waals surface area contributed by atoms with E-state index in [-0.39, 0.29) is 6.54 Å². The van der Waals surface area contributed by atoms with Gasteiger partial charge < -0.3 is 14.8 Å². The smallest absolute Gasteiger partial charge is 0.263 e. The molecule has 3 amide bonds. The first-order valence-corrected chi connectivity index (χ1v) is 10.3. The quantitative estimate of drug-likeness (QED) is 0.663. The fourth-order valence-electron chi connectivity index (χ4n) is 3.67. The van der Waals surface area contributed by atoms with Gasteiger partial charge in [-0.15, -0.1) is 0 Å². The minimum atomic E-state index is -0.960. The number of imide groups is 1. The third kappa shape index (κ3) is 3.50. The van der Waals surface area contributed by atoms with Crippen LogP contribution >= 0.6 is 15.9 Å². The number of amides is 3. The summed E-state index contributed by atoms with van der Waals surface area (Å²) < 4.78 is 11.8. The van der Waals surface area contributed by atoms with Crippen LogP contribution in [0.5, 0.6) is 11.5 Å². The van der Waals surface area contributed by atoms with Crippen LogP contribution in [-0.4, -0.2) is 54.6 Å². The Kier molecular flexibility index (Phi) is 4.81. The van der Waals surface area contributed by atoms with Gasteiger partial charge in [-0.2, -0.15) is 5.11 Å². The van der Waals surface area contributed by atoms with E-state index < -0.39 is 29.8 Å². The van der Waals surface area contributed by atoms with E-state index in [1.807, 2.05) is 0 Å². The Balaban J connectivity index is 1.28. The van der Waals surface area contributed by atoms with Crippen molar-refractivity contribution in [2.45, 2.75) is 12.1 Å². The van der Waals surface area contributed by atoms with Gasteiger partial charge in [-0.3, -0.25) is 19.4 Å². The summed E-state index contributed by atoms with van der Waals surface area (Å²) in [5, 5.41) is 11.8. The highest BCUT2D eigenvalue weighted by molar-refractivity contribution is 9.10. The van der Waals surface area contributed by atoms with Gasteiger partial charge in [0.05, 0.1) is 5.69 Å². The molecule has 2 atom stereocenters. The van der Waals surface area contributed by atoms with Crippen molar-refractivity contribution < 1.29 is 23.9 Å². The van der Waals surface area contributed by atoms with Gasteiger partial charge in [-0.05, 0) is 36.4 Å². The molecular formula is C20H16BrN5O5. The van der Waals surface area contributed by atoms with E-state index in [4.69, 9.17) is 9.47 Å². The third-order valence-corrected chi connectivity index (χ3v) is 5.60. The molecule has 10 nitrogen and oxygen atoms in total. The van der Waals surface area contributed by atoms with Crippen molar-refractivity contribution in [3.63, 3.8) is 0 Å². The minimum absolute atomic E-state index is 0.230. The average Bonchev–Trinajstić information content (AvgIpc) is 3.28. The molecule has 31 heavy (non-hydrogen) atoms. The van der Waals surface area contributed by atoms with E-state index >= 15 is 0 Å². The molecule has 0 radical (unpaired) electrons. The lowest BCUT2D eigenvalue weighted by Crippen LogP contribution is -2.43. The highest BCUT2D eigenvalue weighted by Crippen LogP contribution is 2.34. The van der Waals surface area contributed by atoms with Crippen LogP contribution in [0.4, 0.5) is 11.4 Å². The van der Waals surface area contributed by atoms with E-state index in [0.29, 0.717) is 36.1 Å². The van der Waals surface area contributed by atoms with Gasteiger partial charge in [0, 0.05) is 16.2 Å². The second-order valence-corrected chi connectivity index (χ2v) is 8.00. The Bertz CT molecular complexity index is 1110. The number of nitrogens with zero attached hydrogens (tertiary/aromatic N) is 4. The lowest BCUT2D eigenvalue weighted by atomic mass is 10.1. The van der Waals surface area contributed by atoms with E-state index in [1.54, 1.807) is 42.5 Å². The van der Waals surface area contributed by atoms with Crippen molar-refractivity contribution >= 4 is 45.0 Å². The van der Waals surface area contributed by atoms with Crippen LogP contribution < -0.4 is 19.7 Å². The molecule has 0 aromatic heterocycles. The molecule has 158 valence electrons. The molecule has 0 aliphatic carbocycles. The molecule has 0 spiro atoms. The number of carbonyl (C=O) groups excluding carboxylic acids is 3. The lowest BCUT2D eigenvalue weighted by molar-refractivity contribution is -0.123. The third-order valence-electron chi connectivity index (χ3n) is 5.07. The van der Waals surface area contributed by atoms with Gasteiger partial charge >= 0.3 is 0 Å². The Morgan fingerprint density at radius 2 is 1.81 bits per heavy atom. The lowest BCUT2D eigenvalue weighted by Gasteiger charge is -2.21. The maximum atomic E-state index is 13.0. The SMILES string of the molecule is O=C(CN1N=NC2C(=O)N(c3ccc(Br)cc3)C(=O)C21)Nc1ccc2c(c1)OCCO2. The molecule has 1 fully saturated rings. The van der Waals surface area contributed by atoms with Gasteiger partial charge in [-0.25, -0.2) is 4.90 Å². The number of benzene rings is 2. The van der Waals surface area contributed by atoms with Crippen molar-refractivity contribution in [1.82, 2.24) is 5.01 Å². The van der Waals surface area contributed by atoms with Crippen molar-refractivity contribution in [2.24, 2.45) is 10.3 Å². The molecule has 0 bridgehead atoms. The Morgan fingerprint density at radius 3 is 2.58 bits per heavy atom. The molecule has 11 heteroatoms. The molecule has 3 heterocycles. The number of hydrogen-bond acceptors (Lipinski definition) is 8. The van der Waals surface area contributed by atoms with Crippen molar-refractivity contribution in [3.05, 3.63) is 46.9 Å². The molecule has 0 saturated carbocycles. The second kappa shape index (κ2) is 7.65. The maximum absolute atomic E-state index is 13.0. The van der Waals surface area contributed by atoms with E-state index in [9.17, 15) is 14.4 Å². The number of anilines is 2. The fraction of sp³-hybridized carbons (Fsp3) is 0.250. The first kappa shape index (κ1) is 19.5. The van der Waals surface area contributed by atoms with Gasteiger partial charge in [0.1, 0.15) is 19.8 Å². The van der Waals surface area contributed by atoms with Crippen LogP contribution in [0.1, 0.15) is 0 Å². The van der Waals surface area contributed by atoms with Crippen molar-refractivity contribution in [3.8, 4) is 11.5 Å². The molecule has 1 saturated heterocycles. The molecule has 2 aromatic rings. The summed E-state index contributed by atoms with van der Waals surface area (Å²) in [5.41, 5.74) is 0.968. The van der Waals surface area contributed by atoms with Gasteiger partial charge in [0.25, 0.3) is 11.8 Å². The number of nitrogens with one attached hydrogen (secondary N) is 1. The first-order valence-electron chi connectivity index (χ1n) is 9.51. The summed E-state index contributed by atoms with van der Waals surface area (Å²) >= 11 is 3.33. The molecule has 2 unspecified atom stereocenters. The summed E-state index contributed by atoms with van der Waals surface area (Å²) in [4.78, 5) is 39.3. The Labute approximate surface area is 184 Å². The van der Waals surface area contributed by atoms with Crippen LogP contribution in [0, 0.1) is 0 Å². The van der Waals surface area contributed by atoms with Crippen LogP contribution in [0.2, 0.25) is 0 Å². The highest BCUT2D eigenvalue weighted by Gasteiger charge is 2.55. The monoisotopic (exact) mass is 485 g/mol. The molecule has 1 N–H and O–H groups in total. The van der Waals surface area contributed by atoms with Gasteiger partial charge in [0.15, 0.2) is 23.6 Å². The van der Waals surface area contributed by atoms with Gasteiger partial charge in [-0.1, -0.05) is 21.2 Å². The first-order chi connectivity index (χ1) is 15.0. The number of rotatable bonds is 4. The average molecular weight is 486 g/mol. The number of hydrogen-bond donors (Lipinski definition) is 1. The topological polar surface area (TPSA) is 113 Å². The number of ether oxygens (including phenoxy) is 2. The standard InChI is InChI=1S/C20H16BrN5O5/c21-11-1-4-13(5-2-11)26-19(28)17-18(20(26)29)25(24-23-17)10-16(27)22-12-3-6-14-15(9-12)31-8-7-30-14/h1-6,9,17-18H,7-8,10H2,(H,22,27). The summed E-state index contributed by atoms with van der Waals surface area (Å²) in [6.07, 6.45) is 0. The predicted octanol–water partition coefficient (Wildman–Crippen LogP) is 2.15. The summed E-state index contributed by atoms with van der Waals surface area (Å²) in [6, 6.07) is 9.98. The van der Waals surface area contributed by atoms with Crippen molar-refractivity contribution in [2.75, 3.05) is 30.0 Å². The van der Waals surface area contributed by atoms with Crippen LogP contribution in [0.15, 0.2) is 57.3 Å². The molecule has 3 aliphatic heterocycles. The maximum Gasteiger partial charge on any atom is 0.263 e. The molecule has 2 aromatic carbocycles. The molecule has 5 rings (SSSR count). The summed E-state index contributed by atoms with van der Waals surface area (Å²) in [7, 11) is 0. The van der Waals surface area contributed by atoms with E-state index in [2.05, 4.69) is 31.6 Å².